The minimum absolute atomic E-state index is 0.0172. The molecule has 2 heterocycles. The van der Waals surface area contributed by atoms with Crippen molar-refractivity contribution in [1.29, 1.82) is 0 Å². The lowest BCUT2D eigenvalue weighted by Gasteiger charge is -2.16. The summed E-state index contributed by atoms with van der Waals surface area (Å²) in [6.45, 7) is 8.29. The molecule has 150 valence electrons. The van der Waals surface area contributed by atoms with Crippen molar-refractivity contribution in [3.8, 4) is 11.1 Å². The number of anilines is 1. The Kier molecular flexibility index (Phi) is 6.17. The fraction of sp³-hybridized carbons (Fsp3) is 0.429. The number of hydrogen-bond donors (Lipinski definition) is 1. The van der Waals surface area contributed by atoms with Gasteiger partial charge in [-0.25, -0.2) is 9.97 Å². The summed E-state index contributed by atoms with van der Waals surface area (Å²) in [7, 11) is 2.85. The van der Waals surface area contributed by atoms with Crippen LogP contribution in [0.25, 0.3) is 22.2 Å². The van der Waals surface area contributed by atoms with Crippen LogP contribution in [-0.2, 0) is 18.1 Å². The Balaban J connectivity index is 2.02. The number of aliphatic hydroxyl groups is 1. The predicted octanol–water partition coefficient (Wildman–Crippen LogP) is 3.97. The standard InChI is InChI=1S/C21H30N4O2Si/c1-24(2)20-19-18(17-8-6-7-16(11-17)13-26)12-25(21(19)23-14-22-20)15-27-9-10-28(3,4)5/h6-8,11-12,14,26H,9-10,13,15H2,1-5H3. The Morgan fingerprint density at radius 1 is 1.18 bits per heavy atom. The van der Waals surface area contributed by atoms with E-state index in [1.54, 1.807) is 6.33 Å². The number of ether oxygens (including phenoxy) is 1. The van der Waals surface area contributed by atoms with Crippen LogP contribution >= 0.6 is 0 Å². The van der Waals surface area contributed by atoms with E-state index in [4.69, 9.17) is 4.74 Å². The first kappa shape index (κ1) is 20.5. The van der Waals surface area contributed by atoms with Gasteiger partial charge in [0.1, 0.15) is 24.5 Å². The summed E-state index contributed by atoms with van der Waals surface area (Å²) in [4.78, 5) is 11.0. The van der Waals surface area contributed by atoms with Gasteiger partial charge in [0.25, 0.3) is 0 Å². The van der Waals surface area contributed by atoms with Gasteiger partial charge >= 0.3 is 0 Å². The van der Waals surface area contributed by atoms with E-state index in [0.717, 1.165) is 46.2 Å². The zero-order chi connectivity index (χ0) is 20.3. The van der Waals surface area contributed by atoms with Gasteiger partial charge in [-0.2, -0.15) is 0 Å². The van der Waals surface area contributed by atoms with Gasteiger partial charge in [-0.05, 0) is 23.2 Å². The molecule has 2 aromatic heterocycles. The van der Waals surface area contributed by atoms with E-state index in [2.05, 4.69) is 46.4 Å². The number of aliphatic hydroxyl groups excluding tert-OH is 1. The summed E-state index contributed by atoms with van der Waals surface area (Å²) in [6.07, 6.45) is 3.68. The second-order valence-electron chi connectivity index (χ2n) is 8.51. The van der Waals surface area contributed by atoms with E-state index in [1.165, 1.54) is 0 Å². The van der Waals surface area contributed by atoms with Crippen molar-refractivity contribution in [3.05, 3.63) is 42.4 Å². The Morgan fingerprint density at radius 3 is 2.64 bits per heavy atom. The molecule has 0 atom stereocenters. The first-order chi connectivity index (χ1) is 13.3. The normalized spacial score (nSPS) is 11.9. The molecular weight excluding hydrogens is 368 g/mol. The van der Waals surface area contributed by atoms with Gasteiger partial charge in [0.15, 0.2) is 0 Å². The van der Waals surface area contributed by atoms with Gasteiger partial charge in [-0.15, -0.1) is 0 Å². The van der Waals surface area contributed by atoms with Crippen LogP contribution in [0.3, 0.4) is 0 Å². The highest BCUT2D eigenvalue weighted by atomic mass is 28.3. The molecule has 0 aliphatic heterocycles. The molecule has 0 saturated carbocycles. The fourth-order valence-electron chi connectivity index (χ4n) is 3.14. The number of nitrogens with zero attached hydrogens (tertiary/aromatic N) is 4. The molecule has 7 heteroatoms. The van der Waals surface area contributed by atoms with Crippen LogP contribution in [-0.4, -0.2) is 48.4 Å². The lowest BCUT2D eigenvalue weighted by Crippen LogP contribution is -2.22. The molecule has 0 radical (unpaired) electrons. The van der Waals surface area contributed by atoms with E-state index in [-0.39, 0.29) is 6.61 Å². The van der Waals surface area contributed by atoms with Crippen molar-refractivity contribution in [1.82, 2.24) is 14.5 Å². The van der Waals surface area contributed by atoms with Crippen molar-refractivity contribution >= 4 is 24.9 Å². The molecule has 28 heavy (non-hydrogen) atoms. The second kappa shape index (κ2) is 8.42. The van der Waals surface area contributed by atoms with Crippen LogP contribution < -0.4 is 4.90 Å². The van der Waals surface area contributed by atoms with Crippen molar-refractivity contribution in [2.45, 2.75) is 39.0 Å². The Labute approximate surface area is 167 Å². The first-order valence-electron chi connectivity index (χ1n) is 9.59. The maximum Gasteiger partial charge on any atom is 0.148 e. The molecule has 1 N–H and O–H groups in total. The smallest absolute Gasteiger partial charge is 0.148 e. The Hall–Kier alpha value is -2.22. The topological polar surface area (TPSA) is 63.4 Å². The fourth-order valence-corrected chi connectivity index (χ4v) is 3.90. The van der Waals surface area contributed by atoms with Crippen LogP contribution in [0.15, 0.2) is 36.8 Å². The summed E-state index contributed by atoms with van der Waals surface area (Å²) >= 11 is 0. The zero-order valence-corrected chi connectivity index (χ0v) is 18.4. The molecule has 0 unspecified atom stereocenters. The van der Waals surface area contributed by atoms with Gasteiger partial charge in [0, 0.05) is 40.5 Å². The third-order valence-corrected chi connectivity index (χ3v) is 6.41. The molecule has 1 aromatic carbocycles. The van der Waals surface area contributed by atoms with Gasteiger partial charge < -0.3 is 19.3 Å². The van der Waals surface area contributed by atoms with Crippen LogP contribution in [0.4, 0.5) is 5.82 Å². The van der Waals surface area contributed by atoms with Gasteiger partial charge in [0.05, 0.1) is 12.0 Å². The summed E-state index contributed by atoms with van der Waals surface area (Å²) in [5.74, 6) is 0.871. The highest BCUT2D eigenvalue weighted by Crippen LogP contribution is 2.35. The van der Waals surface area contributed by atoms with Gasteiger partial charge in [-0.1, -0.05) is 37.8 Å². The minimum atomic E-state index is -1.12. The molecule has 0 saturated heterocycles. The van der Waals surface area contributed by atoms with E-state index >= 15 is 0 Å². The third kappa shape index (κ3) is 4.60. The van der Waals surface area contributed by atoms with Crippen molar-refractivity contribution in [2.75, 3.05) is 25.6 Å². The summed E-state index contributed by atoms with van der Waals surface area (Å²) in [6, 6.07) is 9.09. The maximum atomic E-state index is 9.52. The van der Waals surface area contributed by atoms with Gasteiger partial charge in [0.2, 0.25) is 0 Å². The van der Waals surface area contributed by atoms with E-state index < -0.39 is 8.07 Å². The first-order valence-corrected chi connectivity index (χ1v) is 13.3. The van der Waals surface area contributed by atoms with Crippen LogP contribution in [0, 0.1) is 0 Å². The Morgan fingerprint density at radius 2 is 1.96 bits per heavy atom. The molecule has 0 amide bonds. The average Bonchev–Trinajstić information content (AvgIpc) is 3.03. The van der Waals surface area contributed by atoms with E-state index in [9.17, 15) is 5.11 Å². The van der Waals surface area contributed by atoms with Gasteiger partial charge in [-0.3, -0.25) is 0 Å². The molecule has 0 aliphatic carbocycles. The van der Waals surface area contributed by atoms with Crippen molar-refractivity contribution < 1.29 is 9.84 Å². The molecular formula is C21H30N4O2Si. The molecule has 0 bridgehead atoms. The summed E-state index contributed by atoms with van der Waals surface area (Å²) in [5.41, 5.74) is 3.82. The SMILES string of the molecule is CN(C)c1ncnc2c1c(-c1cccc(CO)c1)cn2COCC[Si](C)(C)C. The largest absolute Gasteiger partial charge is 0.392 e. The lowest BCUT2D eigenvalue weighted by atomic mass is 10.0. The van der Waals surface area contributed by atoms with Crippen LogP contribution in [0.5, 0.6) is 0 Å². The van der Waals surface area contributed by atoms with Crippen molar-refractivity contribution in [2.24, 2.45) is 0 Å². The summed E-state index contributed by atoms with van der Waals surface area (Å²) < 4.78 is 8.03. The summed E-state index contributed by atoms with van der Waals surface area (Å²) in [5, 5.41) is 10.5. The average molecular weight is 399 g/mol. The number of aromatic nitrogens is 3. The maximum absolute atomic E-state index is 9.52. The second-order valence-corrected chi connectivity index (χ2v) is 14.1. The molecule has 0 fully saturated rings. The van der Waals surface area contributed by atoms with E-state index in [1.807, 2.05) is 37.2 Å². The number of rotatable bonds is 8. The predicted molar refractivity (Wildman–Crippen MR) is 117 cm³/mol. The number of hydrogen-bond acceptors (Lipinski definition) is 5. The minimum Gasteiger partial charge on any atom is -0.392 e. The van der Waals surface area contributed by atoms with Crippen LogP contribution in [0.2, 0.25) is 25.7 Å². The Bertz CT molecular complexity index is 947. The lowest BCUT2D eigenvalue weighted by molar-refractivity contribution is 0.0899. The van der Waals surface area contributed by atoms with Crippen LogP contribution in [0.1, 0.15) is 5.56 Å². The molecule has 3 rings (SSSR count). The van der Waals surface area contributed by atoms with E-state index in [0.29, 0.717) is 6.73 Å². The molecule has 3 aromatic rings. The third-order valence-electron chi connectivity index (χ3n) is 4.70. The molecule has 6 nitrogen and oxygen atoms in total. The molecule has 0 spiro atoms. The highest BCUT2D eigenvalue weighted by molar-refractivity contribution is 6.76. The highest BCUT2D eigenvalue weighted by Gasteiger charge is 2.18. The zero-order valence-electron chi connectivity index (χ0n) is 17.4. The van der Waals surface area contributed by atoms with Crippen molar-refractivity contribution in [3.63, 3.8) is 0 Å². The quantitative estimate of drug-likeness (QED) is 0.459. The molecule has 0 aliphatic rings. The monoisotopic (exact) mass is 398 g/mol. The number of benzene rings is 1. The number of fused-ring (bicyclic) bond motifs is 1.